The van der Waals surface area contributed by atoms with Gasteiger partial charge in [-0.1, -0.05) is 200 Å². The van der Waals surface area contributed by atoms with Crippen LogP contribution in [-0.4, -0.2) is 15.0 Å². The lowest BCUT2D eigenvalue weighted by Gasteiger charge is -2.17. The third-order valence-corrected chi connectivity index (χ3v) is 12.1. The van der Waals surface area contributed by atoms with E-state index < -0.39 is 0 Å². The number of nitrogens with zero attached hydrogens (tertiary/aromatic N) is 3. The van der Waals surface area contributed by atoms with E-state index in [1.165, 1.54) is 54.6 Å². The van der Waals surface area contributed by atoms with Gasteiger partial charge in [0.2, 0.25) is 0 Å². The molecule has 1 heterocycles. The van der Waals surface area contributed by atoms with Crippen LogP contribution in [0.3, 0.4) is 0 Å². The summed E-state index contributed by atoms with van der Waals surface area (Å²) in [6, 6.07) is 75.8. The predicted molar refractivity (Wildman–Crippen MR) is 251 cm³/mol. The molecule has 3 nitrogen and oxygen atoms in total. The Labute approximate surface area is 347 Å². The van der Waals surface area contributed by atoms with Crippen LogP contribution in [0.5, 0.6) is 0 Å². The average Bonchev–Trinajstić information content (AvgIpc) is 3.33. The van der Waals surface area contributed by atoms with Gasteiger partial charge in [0, 0.05) is 16.7 Å². The maximum atomic E-state index is 5.39. The van der Waals surface area contributed by atoms with E-state index in [1.54, 1.807) is 0 Å². The Balaban J connectivity index is 1.10. The molecule has 0 bridgehead atoms. The molecule has 0 amide bonds. The van der Waals surface area contributed by atoms with Crippen molar-refractivity contribution in [3.05, 3.63) is 212 Å². The molecule has 0 saturated carbocycles. The van der Waals surface area contributed by atoms with E-state index in [0.717, 1.165) is 49.4 Å². The second-order valence-corrected chi connectivity index (χ2v) is 15.5. The molecule has 0 saturated heterocycles. The summed E-state index contributed by atoms with van der Waals surface area (Å²) in [5.74, 6) is 1.89. The first-order valence-electron chi connectivity index (χ1n) is 20.4. The van der Waals surface area contributed by atoms with Crippen LogP contribution in [0.4, 0.5) is 0 Å². The van der Waals surface area contributed by atoms with Gasteiger partial charge >= 0.3 is 0 Å². The first-order chi connectivity index (χ1) is 29.8. The molecule has 12 rings (SSSR count). The van der Waals surface area contributed by atoms with Crippen LogP contribution < -0.4 is 0 Å². The Kier molecular flexibility index (Phi) is 7.85. The van der Waals surface area contributed by atoms with Gasteiger partial charge in [0.05, 0.1) is 0 Å². The van der Waals surface area contributed by atoms with E-state index in [-0.39, 0.29) is 0 Å². The molecular formula is C57H35N3. The van der Waals surface area contributed by atoms with Gasteiger partial charge in [-0.3, -0.25) is 0 Å². The third kappa shape index (κ3) is 5.48. The van der Waals surface area contributed by atoms with Gasteiger partial charge in [-0.25, -0.2) is 15.0 Å². The highest BCUT2D eigenvalue weighted by molar-refractivity contribution is 6.26. The molecule has 11 aromatic carbocycles. The van der Waals surface area contributed by atoms with Crippen molar-refractivity contribution in [3.8, 4) is 67.5 Å². The Hall–Kier alpha value is -8.01. The maximum Gasteiger partial charge on any atom is 0.164 e. The molecule has 0 aliphatic heterocycles. The Morgan fingerprint density at radius 3 is 1.20 bits per heavy atom. The molecule has 278 valence electrons. The second-order valence-electron chi connectivity index (χ2n) is 15.5. The Morgan fingerprint density at radius 2 is 0.583 bits per heavy atom. The van der Waals surface area contributed by atoms with E-state index in [4.69, 9.17) is 15.0 Å². The molecule has 0 radical (unpaired) electrons. The highest BCUT2D eigenvalue weighted by Gasteiger charge is 2.21. The molecule has 1 aromatic heterocycles. The zero-order valence-electron chi connectivity index (χ0n) is 32.5. The van der Waals surface area contributed by atoms with Crippen LogP contribution in [0.15, 0.2) is 212 Å². The van der Waals surface area contributed by atoms with Gasteiger partial charge in [0.1, 0.15) is 0 Å². The van der Waals surface area contributed by atoms with Gasteiger partial charge in [-0.2, -0.15) is 0 Å². The van der Waals surface area contributed by atoms with E-state index in [2.05, 4.69) is 206 Å². The summed E-state index contributed by atoms with van der Waals surface area (Å²) in [7, 11) is 0. The quantitative estimate of drug-likeness (QED) is 0.158. The summed E-state index contributed by atoms with van der Waals surface area (Å²) >= 11 is 0. The van der Waals surface area contributed by atoms with Crippen molar-refractivity contribution in [1.29, 1.82) is 0 Å². The molecule has 0 spiro atoms. The zero-order chi connectivity index (χ0) is 39.6. The van der Waals surface area contributed by atoms with Crippen molar-refractivity contribution >= 4 is 53.9 Å². The summed E-state index contributed by atoms with van der Waals surface area (Å²) in [5.41, 5.74) is 9.78. The van der Waals surface area contributed by atoms with Crippen molar-refractivity contribution in [2.75, 3.05) is 0 Å². The fourth-order valence-corrected chi connectivity index (χ4v) is 9.35. The standard InChI is InChI=1S/C57H35N3/c1-3-14-36(15-4-1)41-20-7-12-25-50(41)55-58-56(51-34-32-42(37-16-5-2-6-17-37)43-21-8-10-23-45(43)51)60-57(59-55)52-35-33-47(44-22-9-11-24-46(44)52)48-30-28-40-27-26-38-18-13-19-39-29-31-49(48)54(40)53(38)39/h1-35H. The van der Waals surface area contributed by atoms with E-state index in [9.17, 15) is 0 Å². The number of hydrogen-bond acceptors (Lipinski definition) is 3. The summed E-state index contributed by atoms with van der Waals surface area (Å²) in [6.07, 6.45) is 0. The third-order valence-electron chi connectivity index (χ3n) is 12.1. The van der Waals surface area contributed by atoms with Gasteiger partial charge in [0.15, 0.2) is 17.5 Å². The molecule has 0 atom stereocenters. The van der Waals surface area contributed by atoms with Crippen molar-refractivity contribution in [3.63, 3.8) is 0 Å². The number of rotatable bonds is 6. The van der Waals surface area contributed by atoms with E-state index >= 15 is 0 Å². The van der Waals surface area contributed by atoms with Crippen LogP contribution in [0.2, 0.25) is 0 Å². The zero-order valence-corrected chi connectivity index (χ0v) is 32.5. The summed E-state index contributed by atoms with van der Waals surface area (Å²) < 4.78 is 0. The van der Waals surface area contributed by atoms with E-state index in [1.807, 2.05) is 6.07 Å². The molecule has 0 fully saturated rings. The SMILES string of the molecule is c1ccc(-c2ccccc2-c2nc(-c3ccc(-c4ccccc4)c4ccccc34)nc(-c3ccc(-c4ccc5ccc6cccc7ccc4c5c67)c4ccccc34)n2)cc1. The number of benzene rings is 11. The summed E-state index contributed by atoms with van der Waals surface area (Å²) in [4.78, 5) is 16.1. The molecule has 0 N–H and O–H groups in total. The number of hydrogen-bond donors (Lipinski definition) is 0. The fraction of sp³-hybridized carbons (Fsp3) is 0. The smallest absolute Gasteiger partial charge is 0.164 e. The topological polar surface area (TPSA) is 38.7 Å². The lowest BCUT2D eigenvalue weighted by molar-refractivity contribution is 1.08. The van der Waals surface area contributed by atoms with Crippen molar-refractivity contribution in [1.82, 2.24) is 15.0 Å². The molecule has 3 heteroatoms. The van der Waals surface area contributed by atoms with Crippen LogP contribution >= 0.6 is 0 Å². The monoisotopic (exact) mass is 761 g/mol. The van der Waals surface area contributed by atoms with Crippen molar-refractivity contribution < 1.29 is 0 Å². The lowest BCUT2D eigenvalue weighted by Crippen LogP contribution is -2.02. The summed E-state index contributed by atoms with van der Waals surface area (Å²) in [5, 5.41) is 12.1. The average molecular weight is 762 g/mol. The maximum absolute atomic E-state index is 5.39. The van der Waals surface area contributed by atoms with Crippen LogP contribution in [0, 0.1) is 0 Å². The highest BCUT2D eigenvalue weighted by atomic mass is 15.0. The number of aromatic nitrogens is 3. The fourth-order valence-electron chi connectivity index (χ4n) is 9.35. The lowest BCUT2D eigenvalue weighted by atomic mass is 9.87. The van der Waals surface area contributed by atoms with Crippen LogP contribution in [-0.2, 0) is 0 Å². The minimum absolute atomic E-state index is 0.630. The van der Waals surface area contributed by atoms with Gasteiger partial charge in [0.25, 0.3) is 0 Å². The second kappa shape index (κ2) is 13.8. The molecule has 0 unspecified atom stereocenters. The largest absolute Gasteiger partial charge is 0.208 e. The van der Waals surface area contributed by atoms with Crippen molar-refractivity contribution in [2.24, 2.45) is 0 Å². The van der Waals surface area contributed by atoms with Crippen LogP contribution in [0.25, 0.3) is 121 Å². The molecule has 60 heavy (non-hydrogen) atoms. The first-order valence-corrected chi connectivity index (χ1v) is 20.4. The number of fused-ring (bicyclic) bond motifs is 2. The van der Waals surface area contributed by atoms with Crippen molar-refractivity contribution in [2.45, 2.75) is 0 Å². The first kappa shape index (κ1) is 34.1. The minimum atomic E-state index is 0.630. The van der Waals surface area contributed by atoms with Gasteiger partial charge < -0.3 is 0 Å². The van der Waals surface area contributed by atoms with Crippen LogP contribution in [0.1, 0.15) is 0 Å². The Morgan fingerprint density at radius 1 is 0.200 bits per heavy atom. The molecule has 12 aromatic rings. The van der Waals surface area contributed by atoms with Gasteiger partial charge in [-0.05, 0) is 99.4 Å². The minimum Gasteiger partial charge on any atom is -0.208 e. The molecule has 0 aliphatic rings. The predicted octanol–water partition coefficient (Wildman–Crippen LogP) is 15.1. The molecule has 0 aliphatic carbocycles. The van der Waals surface area contributed by atoms with E-state index in [0.29, 0.717) is 17.5 Å². The van der Waals surface area contributed by atoms with Gasteiger partial charge in [-0.15, -0.1) is 0 Å². The summed E-state index contributed by atoms with van der Waals surface area (Å²) in [6.45, 7) is 0. The normalized spacial score (nSPS) is 11.7. The highest BCUT2D eigenvalue weighted by Crippen LogP contribution is 2.43. The molecular weight excluding hydrogens is 727 g/mol. The Bertz CT molecular complexity index is 3580.